The van der Waals surface area contributed by atoms with E-state index in [1.54, 1.807) is 6.20 Å². The van der Waals surface area contributed by atoms with Gasteiger partial charge >= 0.3 is 0 Å². The second kappa shape index (κ2) is 3.79. The predicted octanol–water partition coefficient (Wildman–Crippen LogP) is 0.886. The number of aromatic nitrogens is 2. The van der Waals surface area contributed by atoms with Crippen molar-refractivity contribution >= 4 is 11.3 Å². The second-order valence-electron chi connectivity index (χ2n) is 4.29. The third-order valence-corrected chi connectivity index (χ3v) is 3.17. The summed E-state index contributed by atoms with van der Waals surface area (Å²) in [4.78, 5) is 8.97. The molecule has 3 rings (SSSR count). The maximum atomic E-state index is 4.20. The Morgan fingerprint density at radius 2 is 2.00 bits per heavy atom. The zero-order valence-electron chi connectivity index (χ0n) is 9.43. The largest absolute Gasteiger partial charge is 0.368 e. The summed E-state index contributed by atoms with van der Waals surface area (Å²) in [6.45, 7) is 4.45. The van der Waals surface area contributed by atoms with Crippen molar-refractivity contribution < 1.29 is 0 Å². The Kier molecular flexibility index (Phi) is 2.29. The Balaban J connectivity index is 1.87. The molecule has 1 saturated heterocycles. The van der Waals surface area contributed by atoms with Crippen LogP contribution in [0.3, 0.4) is 0 Å². The first-order chi connectivity index (χ1) is 7.83. The lowest BCUT2D eigenvalue weighted by Crippen LogP contribution is -2.44. The van der Waals surface area contributed by atoms with Crippen molar-refractivity contribution in [3.05, 3.63) is 30.7 Å². The molecule has 1 aliphatic rings. The molecular formula is C12H15N4. The van der Waals surface area contributed by atoms with Crippen LogP contribution in [0.5, 0.6) is 0 Å². The lowest BCUT2D eigenvalue weighted by atomic mass is 10.3. The van der Waals surface area contributed by atoms with Crippen molar-refractivity contribution in [2.24, 2.45) is 0 Å². The topological polar surface area (TPSA) is 23.8 Å². The number of pyridine rings is 1. The van der Waals surface area contributed by atoms with Crippen LogP contribution in [0.15, 0.2) is 24.5 Å². The first-order valence-electron chi connectivity index (χ1n) is 5.61. The lowest BCUT2D eigenvalue weighted by molar-refractivity contribution is 0.313. The van der Waals surface area contributed by atoms with E-state index in [1.807, 2.05) is 10.5 Å². The summed E-state index contributed by atoms with van der Waals surface area (Å²) >= 11 is 0. The smallest absolute Gasteiger partial charge is 0.137 e. The molecule has 4 nitrogen and oxygen atoms in total. The zero-order valence-corrected chi connectivity index (χ0v) is 9.43. The highest BCUT2D eigenvalue weighted by atomic mass is 15.3. The van der Waals surface area contributed by atoms with Gasteiger partial charge < -0.3 is 9.80 Å². The van der Waals surface area contributed by atoms with Crippen molar-refractivity contribution in [1.29, 1.82) is 0 Å². The van der Waals surface area contributed by atoms with E-state index in [9.17, 15) is 0 Å². The quantitative estimate of drug-likeness (QED) is 0.706. The minimum absolute atomic E-state index is 0.956. The molecule has 0 atom stereocenters. The Hall–Kier alpha value is -1.55. The average Bonchev–Trinajstić information content (AvgIpc) is 2.77. The third-order valence-electron chi connectivity index (χ3n) is 3.17. The fourth-order valence-electron chi connectivity index (χ4n) is 2.10. The number of piperazine rings is 1. The number of nitrogens with zero attached hydrogens (tertiary/aromatic N) is 4. The van der Waals surface area contributed by atoms with Gasteiger partial charge in [-0.05, 0) is 19.2 Å². The SMILES string of the molecule is CN1CCN(c2ccc3nc[c]n3c2)CC1. The summed E-state index contributed by atoms with van der Waals surface area (Å²) in [5.41, 5.74) is 2.22. The van der Waals surface area contributed by atoms with Crippen LogP contribution in [0.4, 0.5) is 5.69 Å². The molecule has 0 N–H and O–H groups in total. The van der Waals surface area contributed by atoms with Crippen molar-refractivity contribution in [2.45, 2.75) is 0 Å². The van der Waals surface area contributed by atoms with Gasteiger partial charge in [0.2, 0.25) is 0 Å². The third kappa shape index (κ3) is 1.65. The van der Waals surface area contributed by atoms with E-state index in [2.05, 4.69) is 40.3 Å². The molecule has 1 fully saturated rings. The van der Waals surface area contributed by atoms with Gasteiger partial charge in [-0.3, -0.25) is 4.40 Å². The van der Waals surface area contributed by atoms with Gasteiger partial charge in [-0.2, -0.15) is 0 Å². The number of likely N-dealkylation sites (N-methyl/N-ethyl adjacent to an activating group) is 1. The van der Waals surface area contributed by atoms with Crippen LogP contribution in [0.1, 0.15) is 0 Å². The van der Waals surface area contributed by atoms with E-state index >= 15 is 0 Å². The van der Waals surface area contributed by atoms with Crippen molar-refractivity contribution in [3.8, 4) is 0 Å². The summed E-state index contributed by atoms with van der Waals surface area (Å²) in [6.07, 6.45) is 6.89. The molecule has 0 spiro atoms. The number of anilines is 1. The van der Waals surface area contributed by atoms with E-state index in [0.29, 0.717) is 0 Å². The normalized spacial score (nSPS) is 18.2. The van der Waals surface area contributed by atoms with Crippen LogP contribution >= 0.6 is 0 Å². The molecule has 16 heavy (non-hydrogen) atoms. The average molecular weight is 215 g/mol. The molecule has 0 amide bonds. The van der Waals surface area contributed by atoms with Crippen LogP contribution < -0.4 is 4.90 Å². The van der Waals surface area contributed by atoms with Crippen molar-refractivity contribution in [1.82, 2.24) is 14.3 Å². The summed E-state index contributed by atoms with van der Waals surface area (Å²) in [7, 11) is 2.17. The van der Waals surface area contributed by atoms with E-state index in [0.717, 1.165) is 31.8 Å². The van der Waals surface area contributed by atoms with Crippen molar-refractivity contribution in [2.75, 3.05) is 38.1 Å². The minimum atomic E-state index is 0.956. The van der Waals surface area contributed by atoms with Gasteiger partial charge in [-0.1, -0.05) is 0 Å². The molecule has 3 heterocycles. The molecule has 4 heteroatoms. The predicted molar refractivity (Wildman–Crippen MR) is 63.7 cm³/mol. The number of rotatable bonds is 1. The monoisotopic (exact) mass is 215 g/mol. The second-order valence-corrected chi connectivity index (χ2v) is 4.29. The van der Waals surface area contributed by atoms with Crippen LogP contribution in [0, 0.1) is 6.20 Å². The fraction of sp³-hybridized carbons (Fsp3) is 0.417. The fourth-order valence-corrected chi connectivity index (χ4v) is 2.10. The van der Waals surface area contributed by atoms with Crippen molar-refractivity contribution in [3.63, 3.8) is 0 Å². The Morgan fingerprint density at radius 3 is 2.81 bits per heavy atom. The van der Waals surface area contributed by atoms with Gasteiger partial charge in [-0.25, -0.2) is 4.98 Å². The maximum absolute atomic E-state index is 4.20. The number of imidazole rings is 1. The molecular weight excluding hydrogens is 200 g/mol. The molecule has 0 aromatic carbocycles. The molecule has 0 bridgehead atoms. The Labute approximate surface area is 95.1 Å². The number of fused-ring (bicyclic) bond motifs is 1. The summed E-state index contributed by atoms with van der Waals surface area (Å²) < 4.78 is 1.95. The van der Waals surface area contributed by atoms with Gasteiger partial charge in [-0.15, -0.1) is 0 Å². The standard InChI is InChI=1S/C12H15N4/c1-14-6-8-15(9-7-14)11-2-3-12-13-4-5-16(12)10-11/h2-4,10H,6-9H2,1H3. The van der Waals surface area contributed by atoms with Gasteiger partial charge in [0.1, 0.15) is 5.65 Å². The Morgan fingerprint density at radius 1 is 1.19 bits per heavy atom. The van der Waals surface area contributed by atoms with Crippen LogP contribution in [-0.4, -0.2) is 47.5 Å². The molecule has 1 radical (unpaired) electrons. The number of hydrogen-bond donors (Lipinski definition) is 0. The van der Waals surface area contributed by atoms with E-state index in [-0.39, 0.29) is 0 Å². The highest BCUT2D eigenvalue weighted by molar-refractivity contribution is 5.51. The van der Waals surface area contributed by atoms with Gasteiger partial charge in [0.25, 0.3) is 0 Å². The molecule has 0 saturated carbocycles. The maximum Gasteiger partial charge on any atom is 0.137 e. The van der Waals surface area contributed by atoms with Gasteiger partial charge in [0.15, 0.2) is 0 Å². The van der Waals surface area contributed by atoms with Gasteiger partial charge in [0.05, 0.1) is 18.1 Å². The summed E-state index contributed by atoms with van der Waals surface area (Å²) in [5, 5.41) is 0. The zero-order chi connectivity index (χ0) is 11.0. The molecule has 0 aliphatic carbocycles. The molecule has 83 valence electrons. The van der Waals surface area contributed by atoms with Crippen LogP contribution in [0.25, 0.3) is 5.65 Å². The molecule has 2 aromatic heterocycles. The highest BCUT2D eigenvalue weighted by Gasteiger charge is 2.14. The van der Waals surface area contributed by atoms with E-state index in [1.165, 1.54) is 5.69 Å². The molecule has 2 aromatic rings. The van der Waals surface area contributed by atoms with Crippen LogP contribution in [0.2, 0.25) is 0 Å². The molecule has 1 aliphatic heterocycles. The molecule has 0 unspecified atom stereocenters. The van der Waals surface area contributed by atoms with E-state index < -0.39 is 0 Å². The number of hydrogen-bond acceptors (Lipinski definition) is 3. The highest BCUT2D eigenvalue weighted by Crippen LogP contribution is 2.16. The van der Waals surface area contributed by atoms with E-state index in [4.69, 9.17) is 0 Å². The first-order valence-corrected chi connectivity index (χ1v) is 5.61. The summed E-state index contributed by atoms with van der Waals surface area (Å²) in [5.74, 6) is 0. The van der Waals surface area contributed by atoms with Gasteiger partial charge in [0, 0.05) is 32.4 Å². The first kappa shape index (κ1) is 9.66. The summed E-state index contributed by atoms with van der Waals surface area (Å²) in [6, 6.07) is 4.19. The minimum Gasteiger partial charge on any atom is -0.368 e. The van der Waals surface area contributed by atoms with Crippen LogP contribution in [-0.2, 0) is 0 Å². The Bertz CT molecular complexity index is 482. The lowest BCUT2D eigenvalue weighted by Gasteiger charge is -2.33.